The summed E-state index contributed by atoms with van der Waals surface area (Å²) in [7, 11) is 0. The van der Waals surface area contributed by atoms with Gasteiger partial charge in [-0.3, -0.25) is 10.1 Å². The lowest BCUT2D eigenvalue weighted by Gasteiger charge is -2.00. The third-order valence-electron chi connectivity index (χ3n) is 2.07. The van der Waals surface area contributed by atoms with E-state index < -0.39 is 16.4 Å². The van der Waals surface area contributed by atoms with Gasteiger partial charge in [0.05, 0.1) is 22.5 Å². The van der Waals surface area contributed by atoms with E-state index in [9.17, 15) is 14.5 Å². The molecule has 0 saturated carbocycles. The number of alkyl halides is 1. The molecular formula is C9H6BrFN4O2. The number of rotatable bonds is 3. The fourth-order valence-corrected chi connectivity index (χ4v) is 1.53. The van der Waals surface area contributed by atoms with E-state index in [-0.39, 0.29) is 0 Å². The molecule has 2 rings (SSSR count). The summed E-state index contributed by atoms with van der Waals surface area (Å²) in [6, 6.07) is 3.55. The van der Waals surface area contributed by atoms with Crippen molar-refractivity contribution < 1.29 is 9.31 Å². The lowest BCUT2D eigenvalue weighted by molar-refractivity contribution is -0.387. The molecule has 0 radical (unpaired) electrons. The van der Waals surface area contributed by atoms with Crippen LogP contribution in [-0.2, 0) is 5.33 Å². The summed E-state index contributed by atoms with van der Waals surface area (Å²) in [4.78, 5) is 9.67. The Morgan fingerprint density at radius 2 is 2.29 bits per heavy atom. The van der Waals surface area contributed by atoms with E-state index >= 15 is 0 Å². The number of nitrogens with zero attached hydrogens (tertiary/aromatic N) is 4. The van der Waals surface area contributed by atoms with Gasteiger partial charge in [0, 0.05) is 17.5 Å². The van der Waals surface area contributed by atoms with Gasteiger partial charge in [-0.05, 0) is 6.07 Å². The first-order chi connectivity index (χ1) is 8.11. The lowest BCUT2D eigenvalue weighted by Crippen LogP contribution is -1.98. The molecule has 0 spiro atoms. The molecule has 17 heavy (non-hydrogen) atoms. The summed E-state index contributed by atoms with van der Waals surface area (Å²) < 4.78 is 14.7. The van der Waals surface area contributed by atoms with Crippen molar-refractivity contribution in [3.63, 3.8) is 0 Å². The van der Waals surface area contributed by atoms with Gasteiger partial charge in [0.1, 0.15) is 0 Å². The highest BCUT2D eigenvalue weighted by atomic mass is 79.9. The van der Waals surface area contributed by atoms with Crippen molar-refractivity contribution in [1.29, 1.82) is 0 Å². The number of halogens is 2. The molecule has 88 valence electrons. The number of hydrogen-bond acceptors (Lipinski definition) is 4. The first-order valence-corrected chi connectivity index (χ1v) is 5.65. The third-order valence-corrected chi connectivity index (χ3v) is 2.64. The number of benzene rings is 1. The summed E-state index contributed by atoms with van der Waals surface area (Å²) in [5.41, 5.74) is 0.506. The van der Waals surface area contributed by atoms with Crippen LogP contribution in [0.4, 0.5) is 10.1 Å². The fraction of sp³-hybridized carbons (Fsp3) is 0.111. The summed E-state index contributed by atoms with van der Waals surface area (Å²) in [6.07, 6.45) is 1.61. The zero-order valence-corrected chi connectivity index (χ0v) is 9.96. The minimum Gasteiger partial charge on any atom is -0.258 e. The molecule has 0 fully saturated rings. The molecule has 0 atom stereocenters. The molecule has 0 aliphatic carbocycles. The molecule has 0 amide bonds. The fourth-order valence-electron chi connectivity index (χ4n) is 1.27. The van der Waals surface area contributed by atoms with Crippen LogP contribution in [0, 0.1) is 15.9 Å². The van der Waals surface area contributed by atoms with Crippen molar-refractivity contribution in [2.24, 2.45) is 0 Å². The van der Waals surface area contributed by atoms with E-state index in [1.54, 1.807) is 6.20 Å². The second kappa shape index (κ2) is 4.58. The Morgan fingerprint density at radius 3 is 2.82 bits per heavy atom. The van der Waals surface area contributed by atoms with E-state index in [1.165, 1.54) is 10.7 Å². The maximum absolute atomic E-state index is 13.4. The first kappa shape index (κ1) is 11.6. The average Bonchev–Trinajstić information content (AvgIpc) is 2.76. The number of nitro groups is 1. The minimum atomic E-state index is -0.900. The molecule has 2 aromatic rings. The molecule has 0 aliphatic heterocycles. The molecule has 0 unspecified atom stereocenters. The molecule has 0 N–H and O–H groups in total. The normalized spacial score (nSPS) is 10.5. The quantitative estimate of drug-likeness (QED) is 0.495. The van der Waals surface area contributed by atoms with E-state index in [2.05, 4.69) is 26.2 Å². The molecule has 0 bridgehead atoms. The highest BCUT2D eigenvalue weighted by Crippen LogP contribution is 2.20. The van der Waals surface area contributed by atoms with Gasteiger partial charge in [-0.1, -0.05) is 21.1 Å². The topological polar surface area (TPSA) is 73.8 Å². The average molecular weight is 301 g/mol. The Morgan fingerprint density at radius 1 is 1.53 bits per heavy atom. The van der Waals surface area contributed by atoms with Crippen molar-refractivity contribution in [1.82, 2.24) is 15.0 Å². The van der Waals surface area contributed by atoms with Crippen molar-refractivity contribution in [2.75, 3.05) is 0 Å². The Bertz CT molecular complexity index is 572. The maximum atomic E-state index is 13.4. The van der Waals surface area contributed by atoms with Crippen molar-refractivity contribution >= 4 is 21.6 Å². The van der Waals surface area contributed by atoms with Gasteiger partial charge < -0.3 is 0 Å². The number of hydrogen-bond donors (Lipinski definition) is 0. The Labute approximate surface area is 103 Å². The zero-order valence-electron chi connectivity index (χ0n) is 8.38. The van der Waals surface area contributed by atoms with Gasteiger partial charge in [-0.15, -0.1) is 5.10 Å². The van der Waals surface area contributed by atoms with Gasteiger partial charge in [-0.25, -0.2) is 4.68 Å². The van der Waals surface area contributed by atoms with E-state index in [0.717, 1.165) is 12.1 Å². The predicted octanol–water partition coefficient (Wildman–Crippen LogP) is 2.21. The Hall–Kier alpha value is -1.83. The molecule has 0 aliphatic rings. The van der Waals surface area contributed by atoms with Crippen molar-refractivity contribution in [3.8, 4) is 5.69 Å². The standard InChI is InChI=1S/C9H6BrFN4O2/c10-4-6-5-14(13-12-6)7-1-2-9(15(16)17)8(11)3-7/h1-3,5H,4H2. The van der Waals surface area contributed by atoms with Crippen LogP contribution in [-0.4, -0.2) is 19.9 Å². The molecule has 8 heteroatoms. The van der Waals surface area contributed by atoms with Crippen LogP contribution in [0.15, 0.2) is 24.4 Å². The van der Waals surface area contributed by atoms with Gasteiger partial charge in [0.2, 0.25) is 5.82 Å². The SMILES string of the molecule is O=[N+]([O-])c1ccc(-n2cc(CBr)nn2)cc1F. The lowest BCUT2D eigenvalue weighted by atomic mass is 10.2. The molecule has 6 nitrogen and oxygen atoms in total. The predicted molar refractivity (Wildman–Crippen MR) is 60.6 cm³/mol. The highest BCUT2D eigenvalue weighted by molar-refractivity contribution is 9.08. The van der Waals surface area contributed by atoms with Crippen LogP contribution in [0.3, 0.4) is 0 Å². The van der Waals surface area contributed by atoms with Crippen LogP contribution in [0.5, 0.6) is 0 Å². The van der Waals surface area contributed by atoms with Crippen LogP contribution >= 0.6 is 15.9 Å². The van der Waals surface area contributed by atoms with Crippen LogP contribution in [0.2, 0.25) is 0 Å². The van der Waals surface area contributed by atoms with Gasteiger partial charge >= 0.3 is 5.69 Å². The Balaban J connectivity index is 2.40. The third kappa shape index (κ3) is 2.31. The second-order valence-corrected chi connectivity index (χ2v) is 3.74. The monoisotopic (exact) mass is 300 g/mol. The van der Waals surface area contributed by atoms with Gasteiger partial charge in [0.15, 0.2) is 0 Å². The van der Waals surface area contributed by atoms with Gasteiger partial charge in [0.25, 0.3) is 0 Å². The summed E-state index contributed by atoms with van der Waals surface area (Å²) >= 11 is 3.21. The van der Waals surface area contributed by atoms with Crippen molar-refractivity contribution in [2.45, 2.75) is 5.33 Å². The smallest absolute Gasteiger partial charge is 0.258 e. The summed E-state index contributed by atoms with van der Waals surface area (Å²) in [5, 5.41) is 18.6. The second-order valence-electron chi connectivity index (χ2n) is 3.18. The molecule has 0 saturated heterocycles. The van der Waals surface area contributed by atoms with E-state index in [4.69, 9.17) is 0 Å². The first-order valence-electron chi connectivity index (χ1n) is 4.53. The molecule has 1 heterocycles. The zero-order chi connectivity index (χ0) is 12.4. The molecule has 1 aromatic carbocycles. The largest absolute Gasteiger partial charge is 0.304 e. The summed E-state index contributed by atoms with van der Waals surface area (Å²) in [5.74, 6) is -0.900. The maximum Gasteiger partial charge on any atom is 0.304 e. The van der Waals surface area contributed by atoms with Crippen LogP contribution in [0.25, 0.3) is 5.69 Å². The van der Waals surface area contributed by atoms with Gasteiger partial charge in [-0.2, -0.15) is 4.39 Å². The molecule has 1 aromatic heterocycles. The highest BCUT2D eigenvalue weighted by Gasteiger charge is 2.14. The Kier molecular flexibility index (Phi) is 3.14. The van der Waals surface area contributed by atoms with Crippen LogP contribution < -0.4 is 0 Å². The number of nitro benzene ring substituents is 1. The van der Waals surface area contributed by atoms with E-state index in [1.807, 2.05) is 0 Å². The number of aromatic nitrogens is 3. The van der Waals surface area contributed by atoms with E-state index in [0.29, 0.717) is 16.7 Å². The van der Waals surface area contributed by atoms with Crippen molar-refractivity contribution in [3.05, 3.63) is 46.0 Å². The van der Waals surface area contributed by atoms with Crippen LogP contribution in [0.1, 0.15) is 5.69 Å². The minimum absolute atomic E-state index is 0.382. The molecular weight excluding hydrogens is 295 g/mol. The summed E-state index contributed by atoms with van der Waals surface area (Å²) in [6.45, 7) is 0.